The first-order valence-corrected chi connectivity index (χ1v) is 33.6. The summed E-state index contributed by atoms with van der Waals surface area (Å²) in [7, 11) is -6.55. The molecule has 0 heterocycles. The summed E-state index contributed by atoms with van der Waals surface area (Å²) in [5, 5.41) is 7.02. The van der Waals surface area contributed by atoms with E-state index < -0.39 is 32.3 Å². The lowest BCUT2D eigenvalue weighted by Crippen LogP contribution is -2.62. The molecule has 0 bridgehead atoms. The second-order valence-electron chi connectivity index (χ2n) is 14.9. The van der Waals surface area contributed by atoms with Gasteiger partial charge in [-0.3, -0.25) is 0 Å². The first-order chi connectivity index (χ1) is 23.8. The minimum absolute atomic E-state index is 1.17. The zero-order valence-corrected chi connectivity index (χ0v) is 43.8. The molecule has 0 unspecified atom stereocenters. The molecule has 0 saturated carbocycles. The summed E-state index contributed by atoms with van der Waals surface area (Å²) in [4.78, 5) is 0. The third-order valence-electron chi connectivity index (χ3n) is 14.3. The highest BCUT2D eigenvalue weighted by Gasteiger charge is 2.41. The van der Waals surface area contributed by atoms with Crippen molar-refractivity contribution in [2.45, 2.75) is 156 Å². The molecule has 50 heavy (non-hydrogen) atoms. The standard InChI is InChI=1S/C42H66Br4Si4/c1-13-47(14-2,15-3)39-27-33(37(45)29-41(39)49(19-7,20-8)21-9)31-25-36(44)32(26-35(31)43)34-28-40(48(16-4,17-5)18-6)42(30-38(34)46)50(22-10,23-11)24-12/h25-30H,13-24H2,1-12H3. The Morgan fingerprint density at radius 1 is 0.280 bits per heavy atom. The van der Waals surface area contributed by atoms with Gasteiger partial charge in [-0.25, -0.2) is 0 Å². The van der Waals surface area contributed by atoms with Crippen molar-refractivity contribution in [2.24, 2.45) is 0 Å². The molecule has 0 amide bonds. The maximum atomic E-state index is 4.17. The Balaban J connectivity index is 2.41. The molecule has 0 atom stereocenters. The van der Waals surface area contributed by atoms with Gasteiger partial charge in [0.2, 0.25) is 0 Å². The summed E-state index contributed by atoms with van der Waals surface area (Å²) >= 11 is 16.7. The van der Waals surface area contributed by atoms with E-state index in [0.717, 1.165) is 0 Å². The van der Waals surface area contributed by atoms with E-state index in [4.69, 9.17) is 0 Å². The third kappa shape index (κ3) is 8.04. The van der Waals surface area contributed by atoms with Crippen LogP contribution >= 0.6 is 63.7 Å². The number of hydrogen-bond donors (Lipinski definition) is 0. The molecule has 0 aromatic heterocycles. The molecule has 0 aliphatic heterocycles. The van der Waals surface area contributed by atoms with E-state index >= 15 is 0 Å². The van der Waals surface area contributed by atoms with Gasteiger partial charge in [0.25, 0.3) is 0 Å². The maximum Gasteiger partial charge on any atom is 0.0858 e. The summed E-state index contributed by atoms with van der Waals surface area (Å²) in [5.41, 5.74) is 5.20. The Kier molecular flexibility index (Phi) is 16.9. The molecule has 3 rings (SSSR count). The lowest BCUT2D eigenvalue weighted by Gasteiger charge is -2.39. The smallest absolute Gasteiger partial charge is 0.0675 e. The van der Waals surface area contributed by atoms with Gasteiger partial charge in [-0.15, -0.1) is 0 Å². The van der Waals surface area contributed by atoms with Gasteiger partial charge >= 0.3 is 0 Å². The first kappa shape index (κ1) is 44.8. The second-order valence-corrected chi connectivity index (χ2v) is 39.2. The molecule has 0 aliphatic carbocycles. The van der Waals surface area contributed by atoms with Gasteiger partial charge in [0, 0.05) is 17.9 Å². The highest BCUT2D eigenvalue weighted by molar-refractivity contribution is 9.11. The zero-order chi connectivity index (χ0) is 37.7. The van der Waals surface area contributed by atoms with Crippen molar-refractivity contribution in [1.82, 2.24) is 0 Å². The molecule has 3 aromatic rings. The highest BCUT2D eigenvalue weighted by atomic mass is 79.9. The van der Waals surface area contributed by atoms with Gasteiger partial charge in [0.1, 0.15) is 0 Å². The fourth-order valence-electron chi connectivity index (χ4n) is 9.56. The SMILES string of the molecule is CC[Si](CC)(CC)c1cc(Br)c(-c2cc(Br)c(-c3cc([Si](CC)(CC)CC)c([Si](CC)(CC)CC)cc3Br)cc2Br)cc1[Si](CC)(CC)CC. The van der Waals surface area contributed by atoms with E-state index in [-0.39, 0.29) is 0 Å². The lowest BCUT2D eigenvalue weighted by atomic mass is 10.00. The Labute approximate surface area is 345 Å². The van der Waals surface area contributed by atoms with Crippen LogP contribution in [-0.2, 0) is 0 Å². The lowest BCUT2D eigenvalue weighted by molar-refractivity contribution is 1.18. The summed E-state index contributed by atoms with van der Waals surface area (Å²) in [5.74, 6) is 0. The molecule has 0 fully saturated rings. The van der Waals surface area contributed by atoms with Crippen molar-refractivity contribution < 1.29 is 0 Å². The van der Waals surface area contributed by atoms with E-state index in [9.17, 15) is 0 Å². The van der Waals surface area contributed by atoms with E-state index in [1.165, 1.54) is 113 Å². The van der Waals surface area contributed by atoms with Crippen LogP contribution < -0.4 is 20.7 Å². The molecule has 0 aliphatic rings. The molecule has 278 valence electrons. The predicted molar refractivity (Wildman–Crippen MR) is 255 cm³/mol. The molecule has 0 radical (unpaired) electrons. The largest absolute Gasteiger partial charge is 0.0858 e. The van der Waals surface area contributed by atoms with Crippen molar-refractivity contribution in [1.29, 1.82) is 0 Å². The topological polar surface area (TPSA) is 0 Å². The number of benzene rings is 3. The van der Waals surface area contributed by atoms with E-state index in [1.54, 1.807) is 20.7 Å². The van der Waals surface area contributed by atoms with Crippen LogP contribution in [-0.4, -0.2) is 32.3 Å². The number of halogens is 4. The van der Waals surface area contributed by atoms with Crippen LogP contribution in [0.3, 0.4) is 0 Å². The monoisotopic (exact) mass is 998 g/mol. The summed E-state index contributed by atoms with van der Waals surface area (Å²) in [6, 6.07) is 31.1. The molecule has 0 N–H and O–H groups in total. The molecule has 0 saturated heterocycles. The van der Waals surface area contributed by atoms with Crippen molar-refractivity contribution in [2.75, 3.05) is 0 Å². The van der Waals surface area contributed by atoms with Crippen LogP contribution in [0.4, 0.5) is 0 Å². The highest BCUT2D eigenvalue weighted by Crippen LogP contribution is 2.43. The van der Waals surface area contributed by atoms with Crippen LogP contribution in [0.5, 0.6) is 0 Å². The van der Waals surface area contributed by atoms with Crippen molar-refractivity contribution in [3.63, 3.8) is 0 Å². The minimum Gasteiger partial charge on any atom is -0.0675 e. The van der Waals surface area contributed by atoms with Gasteiger partial charge in [-0.05, 0) is 46.5 Å². The van der Waals surface area contributed by atoms with Gasteiger partial charge in [0.15, 0.2) is 0 Å². The Morgan fingerprint density at radius 3 is 0.640 bits per heavy atom. The van der Waals surface area contributed by atoms with Crippen LogP contribution in [0, 0.1) is 0 Å². The molecular formula is C42H66Br4Si4. The normalized spacial score (nSPS) is 13.0. The van der Waals surface area contributed by atoms with Crippen LogP contribution in [0.25, 0.3) is 22.3 Å². The molecular weight excluding hydrogens is 936 g/mol. The average molecular weight is 1000 g/mol. The molecule has 8 heteroatoms. The molecule has 0 spiro atoms. The Morgan fingerprint density at radius 2 is 0.440 bits per heavy atom. The van der Waals surface area contributed by atoms with Crippen LogP contribution in [0.1, 0.15) is 83.1 Å². The summed E-state index contributed by atoms with van der Waals surface area (Å²) < 4.78 is 4.82. The van der Waals surface area contributed by atoms with Crippen molar-refractivity contribution in [3.05, 3.63) is 54.3 Å². The zero-order valence-electron chi connectivity index (χ0n) is 33.5. The van der Waals surface area contributed by atoms with Gasteiger partial charge < -0.3 is 0 Å². The van der Waals surface area contributed by atoms with E-state index in [1.807, 2.05) is 0 Å². The Bertz CT molecular complexity index is 1450. The molecule has 0 nitrogen and oxygen atoms in total. The molecule has 3 aromatic carbocycles. The maximum absolute atomic E-state index is 4.17. The van der Waals surface area contributed by atoms with Crippen molar-refractivity contribution in [3.8, 4) is 22.3 Å². The Hall–Kier alpha value is 0.448. The van der Waals surface area contributed by atoms with Gasteiger partial charge in [0.05, 0.1) is 32.3 Å². The average Bonchev–Trinajstić information content (AvgIpc) is 3.14. The van der Waals surface area contributed by atoms with E-state index in [2.05, 4.69) is 183 Å². The van der Waals surface area contributed by atoms with Crippen molar-refractivity contribution >= 4 is 117 Å². The number of hydrogen-bond acceptors (Lipinski definition) is 0. The second kappa shape index (κ2) is 18.9. The third-order valence-corrected chi connectivity index (χ3v) is 39.9. The summed E-state index contributed by atoms with van der Waals surface area (Å²) in [6.07, 6.45) is 0. The fourth-order valence-corrected chi connectivity index (χ4v) is 30.3. The van der Waals surface area contributed by atoms with Crippen LogP contribution in [0.15, 0.2) is 54.3 Å². The quantitative estimate of drug-likeness (QED) is 0.111. The van der Waals surface area contributed by atoms with Gasteiger partial charge in [-0.1, -0.05) is 252 Å². The predicted octanol–water partition coefficient (Wildman–Crippen LogP) is 14.9. The van der Waals surface area contributed by atoms with E-state index in [0.29, 0.717) is 0 Å². The fraction of sp³-hybridized carbons (Fsp3) is 0.571. The summed E-state index contributed by atoms with van der Waals surface area (Å²) in [6.45, 7) is 29.6. The first-order valence-electron chi connectivity index (χ1n) is 19.9. The van der Waals surface area contributed by atoms with Gasteiger partial charge in [-0.2, -0.15) is 0 Å². The number of rotatable bonds is 18. The van der Waals surface area contributed by atoms with Crippen LogP contribution in [0.2, 0.25) is 72.5 Å². The minimum atomic E-state index is -1.66.